The summed E-state index contributed by atoms with van der Waals surface area (Å²) in [4.78, 5) is 2.43. The summed E-state index contributed by atoms with van der Waals surface area (Å²) in [5.41, 5.74) is 0. The quantitative estimate of drug-likeness (QED) is 0.835. The van der Waals surface area contributed by atoms with E-state index in [1.54, 1.807) is 0 Å². The predicted octanol–water partition coefficient (Wildman–Crippen LogP) is 2.32. The smallest absolute Gasteiger partial charge is 0.157 e. The number of rotatable bonds is 5. The molecule has 2 aliphatic rings. The first-order valence-electron chi connectivity index (χ1n) is 8.57. The summed E-state index contributed by atoms with van der Waals surface area (Å²) < 4.78 is 13.8. The fourth-order valence-corrected chi connectivity index (χ4v) is 3.33. The number of aromatic nitrogens is 3. The first kappa shape index (κ1) is 15.9. The summed E-state index contributed by atoms with van der Waals surface area (Å²) in [5, 5.41) is 8.78. The van der Waals surface area contributed by atoms with Crippen molar-refractivity contribution in [3.05, 3.63) is 11.6 Å². The van der Waals surface area contributed by atoms with Crippen LogP contribution in [0.1, 0.15) is 63.6 Å². The van der Waals surface area contributed by atoms with Gasteiger partial charge in [-0.05, 0) is 26.2 Å². The van der Waals surface area contributed by atoms with Gasteiger partial charge in [0.25, 0.3) is 0 Å². The Morgan fingerprint density at radius 3 is 2.86 bits per heavy atom. The van der Waals surface area contributed by atoms with Crippen LogP contribution in [0.15, 0.2) is 0 Å². The second-order valence-electron chi connectivity index (χ2n) is 6.60. The molecule has 2 atom stereocenters. The second kappa shape index (κ2) is 7.06. The van der Waals surface area contributed by atoms with Gasteiger partial charge in [-0.15, -0.1) is 10.2 Å². The van der Waals surface area contributed by atoms with Gasteiger partial charge in [0.1, 0.15) is 11.6 Å². The summed E-state index contributed by atoms with van der Waals surface area (Å²) in [6, 6.07) is 0.296. The van der Waals surface area contributed by atoms with Crippen LogP contribution in [0.5, 0.6) is 0 Å². The Hall–Kier alpha value is -0.980. The molecular formula is C16H28N4O2. The van der Waals surface area contributed by atoms with Crippen molar-refractivity contribution in [1.29, 1.82) is 0 Å². The van der Waals surface area contributed by atoms with Gasteiger partial charge in [0.15, 0.2) is 6.29 Å². The number of nitrogens with zero attached hydrogens (tertiary/aromatic N) is 4. The summed E-state index contributed by atoms with van der Waals surface area (Å²) in [6.45, 7) is 11.0. The summed E-state index contributed by atoms with van der Waals surface area (Å²) >= 11 is 0. The molecule has 0 spiro atoms. The van der Waals surface area contributed by atoms with Crippen LogP contribution >= 0.6 is 0 Å². The number of hydrogen-bond acceptors (Lipinski definition) is 5. The van der Waals surface area contributed by atoms with E-state index in [-0.39, 0.29) is 6.29 Å². The van der Waals surface area contributed by atoms with Gasteiger partial charge < -0.3 is 14.0 Å². The van der Waals surface area contributed by atoms with Crippen LogP contribution < -0.4 is 0 Å². The zero-order valence-corrected chi connectivity index (χ0v) is 14.0. The monoisotopic (exact) mass is 308 g/mol. The zero-order chi connectivity index (χ0) is 15.5. The van der Waals surface area contributed by atoms with Crippen LogP contribution in [-0.4, -0.2) is 52.3 Å². The summed E-state index contributed by atoms with van der Waals surface area (Å²) in [5.74, 6) is 2.61. The van der Waals surface area contributed by atoms with Gasteiger partial charge >= 0.3 is 0 Å². The minimum absolute atomic E-state index is 0.00467. The minimum Gasteiger partial charge on any atom is -0.353 e. The third kappa shape index (κ3) is 3.34. The van der Waals surface area contributed by atoms with Crippen LogP contribution in [0.3, 0.4) is 0 Å². The average molecular weight is 308 g/mol. The van der Waals surface area contributed by atoms with Gasteiger partial charge in [-0.2, -0.15) is 0 Å². The SMILES string of the molecule is CC(C)c1nnc2n1CCN(CCO[C@@H]1CCCCO1)[C@H]2C. The van der Waals surface area contributed by atoms with Crippen molar-refractivity contribution in [2.75, 3.05) is 26.3 Å². The fraction of sp³-hybridized carbons (Fsp3) is 0.875. The molecule has 6 heteroatoms. The molecule has 0 N–H and O–H groups in total. The Morgan fingerprint density at radius 1 is 1.27 bits per heavy atom. The molecule has 1 aromatic heterocycles. The molecule has 0 aromatic carbocycles. The molecule has 3 rings (SSSR count). The fourth-order valence-electron chi connectivity index (χ4n) is 3.33. The molecule has 0 saturated carbocycles. The van der Waals surface area contributed by atoms with E-state index in [0.29, 0.717) is 12.0 Å². The molecule has 0 radical (unpaired) electrons. The number of fused-ring (bicyclic) bond motifs is 1. The van der Waals surface area contributed by atoms with Crippen molar-refractivity contribution in [3.8, 4) is 0 Å². The molecule has 0 aliphatic carbocycles. The first-order chi connectivity index (χ1) is 10.7. The maximum absolute atomic E-state index is 5.86. The lowest BCUT2D eigenvalue weighted by Gasteiger charge is -2.34. The van der Waals surface area contributed by atoms with Gasteiger partial charge in [-0.25, -0.2) is 0 Å². The first-order valence-corrected chi connectivity index (χ1v) is 8.57. The number of ether oxygens (including phenoxy) is 2. The second-order valence-corrected chi connectivity index (χ2v) is 6.60. The standard InChI is InChI=1S/C16H28N4O2/c1-12(2)15-17-18-16-13(3)19(7-8-20(15)16)9-11-22-14-6-4-5-10-21-14/h12-14H,4-11H2,1-3H3/t13-,14+/m0/s1. The molecule has 1 fully saturated rings. The van der Waals surface area contributed by atoms with Gasteiger partial charge in [0.2, 0.25) is 0 Å². The molecule has 1 aromatic rings. The highest BCUT2D eigenvalue weighted by molar-refractivity contribution is 5.06. The molecule has 0 unspecified atom stereocenters. The van der Waals surface area contributed by atoms with E-state index >= 15 is 0 Å². The van der Waals surface area contributed by atoms with Crippen LogP contribution in [-0.2, 0) is 16.0 Å². The lowest BCUT2D eigenvalue weighted by Crippen LogP contribution is -2.40. The van der Waals surface area contributed by atoms with E-state index in [2.05, 4.69) is 40.4 Å². The van der Waals surface area contributed by atoms with Crippen LogP contribution in [0, 0.1) is 0 Å². The Labute approximate surface area is 132 Å². The molecule has 22 heavy (non-hydrogen) atoms. The van der Waals surface area contributed by atoms with E-state index < -0.39 is 0 Å². The molecule has 2 aliphatic heterocycles. The molecule has 124 valence electrons. The number of hydrogen-bond donors (Lipinski definition) is 0. The van der Waals surface area contributed by atoms with Gasteiger partial charge in [-0.3, -0.25) is 4.90 Å². The Kier molecular flexibility index (Phi) is 5.10. The van der Waals surface area contributed by atoms with E-state index in [1.165, 1.54) is 6.42 Å². The molecule has 3 heterocycles. The topological polar surface area (TPSA) is 52.4 Å². The van der Waals surface area contributed by atoms with Crippen LogP contribution in [0.2, 0.25) is 0 Å². The zero-order valence-electron chi connectivity index (χ0n) is 14.0. The van der Waals surface area contributed by atoms with Crippen molar-refractivity contribution in [1.82, 2.24) is 19.7 Å². The molecular weight excluding hydrogens is 280 g/mol. The highest BCUT2D eigenvalue weighted by atomic mass is 16.7. The third-order valence-corrected chi connectivity index (χ3v) is 4.68. The van der Waals surface area contributed by atoms with Gasteiger partial charge in [-0.1, -0.05) is 13.8 Å². The highest BCUT2D eigenvalue weighted by Gasteiger charge is 2.28. The molecule has 6 nitrogen and oxygen atoms in total. The van der Waals surface area contributed by atoms with E-state index in [4.69, 9.17) is 9.47 Å². The van der Waals surface area contributed by atoms with Crippen molar-refractivity contribution >= 4 is 0 Å². The van der Waals surface area contributed by atoms with Crippen LogP contribution in [0.25, 0.3) is 0 Å². The highest BCUT2D eigenvalue weighted by Crippen LogP contribution is 2.26. The third-order valence-electron chi connectivity index (χ3n) is 4.68. The van der Waals surface area contributed by atoms with Crippen molar-refractivity contribution in [2.45, 2.75) is 64.8 Å². The van der Waals surface area contributed by atoms with E-state index in [0.717, 1.165) is 57.3 Å². The van der Waals surface area contributed by atoms with E-state index in [9.17, 15) is 0 Å². The van der Waals surface area contributed by atoms with Crippen molar-refractivity contribution in [3.63, 3.8) is 0 Å². The predicted molar refractivity (Wildman–Crippen MR) is 83.6 cm³/mol. The lowest BCUT2D eigenvalue weighted by atomic mass is 10.1. The molecule has 1 saturated heterocycles. The van der Waals surface area contributed by atoms with Gasteiger partial charge in [0.05, 0.1) is 12.6 Å². The van der Waals surface area contributed by atoms with Crippen molar-refractivity contribution < 1.29 is 9.47 Å². The normalized spacial score (nSPS) is 26.4. The summed E-state index contributed by atoms with van der Waals surface area (Å²) in [7, 11) is 0. The molecule has 0 bridgehead atoms. The Balaban J connectivity index is 1.53. The van der Waals surface area contributed by atoms with Crippen molar-refractivity contribution in [2.24, 2.45) is 0 Å². The Morgan fingerprint density at radius 2 is 2.14 bits per heavy atom. The molecule has 0 amide bonds. The van der Waals surface area contributed by atoms with Gasteiger partial charge in [0, 0.05) is 32.2 Å². The van der Waals surface area contributed by atoms with Crippen LogP contribution in [0.4, 0.5) is 0 Å². The minimum atomic E-state index is 0.00467. The maximum Gasteiger partial charge on any atom is 0.157 e. The summed E-state index contributed by atoms with van der Waals surface area (Å²) in [6.07, 6.45) is 3.41. The Bertz CT molecular complexity index is 482. The average Bonchev–Trinajstić information content (AvgIpc) is 2.95. The largest absolute Gasteiger partial charge is 0.353 e. The van der Waals surface area contributed by atoms with E-state index in [1.807, 2.05) is 0 Å². The maximum atomic E-state index is 5.86. The lowest BCUT2D eigenvalue weighted by molar-refractivity contribution is -0.165.